The van der Waals surface area contributed by atoms with Gasteiger partial charge < -0.3 is 20.2 Å². The molecule has 1 aromatic carbocycles. The average Bonchev–Trinajstić information content (AvgIpc) is 3.31. The number of carbonyl (C=O) groups excluding carboxylic acids is 3. The molecule has 0 saturated carbocycles. The Morgan fingerprint density at radius 3 is 2.59 bits per heavy atom. The lowest BCUT2D eigenvalue weighted by molar-refractivity contribution is -0.141. The van der Waals surface area contributed by atoms with Crippen molar-refractivity contribution in [3.05, 3.63) is 53.9 Å². The lowest BCUT2D eigenvalue weighted by Gasteiger charge is -2.25. The molecule has 3 atom stereocenters. The number of hydrogen-bond acceptors (Lipinski definition) is 9. The molecule has 8 nitrogen and oxygen atoms in total. The molecule has 2 heterocycles. The molecular weight excluding hydrogens is 476 g/mol. The first-order chi connectivity index (χ1) is 16.3. The van der Waals surface area contributed by atoms with Crippen molar-refractivity contribution in [2.24, 2.45) is 5.92 Å². The molecule has 2 aromatic rings. The number of amides is 1. The van der Waals surface area contributed by atoms with Gasteiger partial charge in [-0.05, 0) is 41.8 Å². The summed E-state index contributed by atoms with van der Waals surface area (Å²) in [5, 5.41) is 29.2. The van der Waals surface area contributed by atoms with E-state index in [4.69, 9.17) is 0 Å². The predicted molar refractivity (Wildman–Crippen MR) is 132 cm³/mol. The van der Waals surface area contributed by atoms with E-state index in [1.165, 1.54) is 46.6 Å². The highest BCUT2D eigenvalue weighted by molar-refractivity contribution is 8.13. The second kappa shape index (κ2) is 12.2. The van der Waals surface area contributed by atoms with Gasteiger partial charge in [0.25, 0.3) is 0 Å². The second-order valence-electron chi connectivity index (χ2n) is 8.21. The van der Waals surface area contributed by atoms with E-state index in [1.807, 2.05) is 12.1 Å². The number of aromatic hydroxyl groups is 2. The molecule has 1 aliphatic heterocycles. The summed E-state index contributed by atoms with van der Waals surface area (Å²) in [6.45, 7) is 1.63. The van der Waals surface area contributed by atoms with Crippen molar-refractivity contribution in [3.63, 3.8) is 0 Å². The van der Waals surface area contributed by atoms with Gasteiger partial charge in [0, 0.05) is 42.7 Å². The van der Waals surface area contributed by atoms with E-state index in [1.54, 1.807) is 19.3 Å². The van der Waals surface area contributed by atoms with Crippen LogP contribution >= 0.6 is 23.5 Å². The molecule has 0 radical (unpaired) electrons. The molecule has 0 bridgehead atoms. The minimum atomic E-state index is -1.34. The molecule has 34 heavy (non-hydrogen) atoms. The Hall–Kier alpha value is -2.56. The minimum absolute atomic E-state index is 0.0393. The summed E-state index contributed by atoms with van der Waals surface area (Å²) < 4.78 is 0. The van der Waals surface area contributed by atoms with Crippen LogP contribution in [0.5, 0.6) is 11.5 Å². The number of hydrogen-bond donors (Lipinski definition) is 3. The zero-order valence-corrected chi connectivity index (χ0v) is 20.4. The number of aryl methyl sites for hydroxylation is 1. The number of aliphatic hydroxyl groups excluding tert-OH is 1. The Morgan fingerprint density at radius 2 is 1.88 bits per heavy atom. The predicted octanol–water partition coefficient (Wildman–Crippen LogP) is 2.40. The highest BCUT2D eigenvalue weighted by Crippen LogP contribution is 2.28. The topological polar surface area (TPSA) is 128 Å². The molecule has 1 amide bonds. The largest absolute Gasteiger partial charge is 0.504 e. The quantitative estimate of drug-likeness (QED) is 0.418. The van der Waals surface area contributed by atoms with Gasteiger partial charge in [-0.15, -0.1) is 11.8 Å². The van der Waals surface area contributed by atoms with Crippen LogP contribution in [0.15, 0.2) is 42.7 Å². The smallest absolute Gasteiger partial charge is 0.227 e. The van der Waals surface area contributed by atoms with Gasteiger partial charge >= 0.3 is 0 Å². The molecule has 1 aromatic heterocycles. The fraction of sp³-hybridized carbons (Fsp3) is 0.417. The number of nitrogens with zero attached hydrogens (tertiary/aromatic N) is 2. The van der Waals surface area contributed by atoms with Crippen LogP contribution in [0, 0.1) is 5.92 Å². The van der Waals surface area contributed by atoms with E-state index in [0.29, 0.717) is 22.9 Å². The van der Waals surface area contributed by atoms with Gasteiger partial charge in [0.05, 0.1) is 5.88 Å². The summed E-state index contributed by atoms with van der Waals surface area (Å²) in [4.78, 5) is 43.8. The molecule has 3 N–H and O–H groups in total. The number of pyridine rings is 1. The van der Waals surface area contributed by atoms with Crippen LogP contribution in [0.2, 0.25) is 0 Å². The number of Topliss-reactive ketones (excluding diaryl/α,β-unsaturated/α-hetero) is 1. The van der Waals surface area contributed by atoms with Crippen LogP contribution in [-0.2, 0) is 27.2 Å². The van der Waals surface area contributed by atoms with Gasteiger partial charge in [-0.3, -0.25) is 19.4 Å². The van der Waals surface area contributed by atoms with E-state index in [0.717, 1.165) is 12.0 Å². The van der Waals surface area contributed by atoms with E-state index >= 15 is 0 Å². The fourth-order valence-corrected chi connectivity index (χ4v) is 5.82. The summed E-state index contributed by atoms with van der Waals surface area (Å²) in [6, 6.07) is 7.36. The van der Waals surface area contributed by atoms with Crippen LogP contribution in [0.25, 0.3) is 0 Å². The van der Waals surface area contributed by atoms with Gasteiger partial charge in [-0.1, -0.05) is 24.8 Å². The molecule has 3 unspecified atom stereocenters. The summed E-state index contributed by atoms with van der Waals surface area (Å²) in [7, 11) is 0. The Bertz CT molecular complexity index is 1020. The number of benzene rings is 1. The van der Waals surface area contributed by atoms with Crippen molar-refractivity contribution in [1.82, 2.24) is 9.88 Å². The number of aromatic nitrogens is 1. The molecule has 182 valence electrons. The first-order valence-electron chi connectivity index (χ1n) is 10.9. The van der Waals surface area contributed by atoms with E-state index in [-0.39, 0.29) is 35.4 Å². The van der Waals surface area contributed by atoms with Gasteiger partial charge in [-0.25, -0.2) is 0 Å². The number of aliphatic hydroxyl groups is 1. The number of thioether (sulfide) groups is 2. The lowest BCUT2D eigenvalue weighted by atomic mass is 9.96. The van der Waals surface area contributed by atoms with Crippen molar-refractivity contribution in [1.29, 1.82) is 0 Å². The maximum Gasteiger partial charge on any atom is 0.227 e. The minimum Gasteiger partial charge on any atom is -0.504 e. The van der Waals surface area contributed by atoms with Gasteiger partial charge in [-0.2, -0.15) is 0 Å². The van der Waals surface area contributed by atoms with E-state index < -0.39 is 23.8 Å². The number of carbonyl (C=O) groups is 3. The molecule has 0 aliphatic carbocycles. The summed E-state index contributed by atoms with van der Waals surface area (Å²) in [5.41, 5.74) is 1.58. The van der Waals surface area contributed by atoms with Crippen LogP contribution in [0.4, 0.5) is 0 Å². The monoisotopic (exact) mass is 504 g/mol. The van der Waals surface area contributed by atoms with Crippen molar-refractivity contribution < 1.29 is 29.7 Å². The average molecular weight is 505 g/mol. The van der Waals surface area contributed by atoms with Crippen LogP contribution < -0.4 is 0 Å². The Balaban J connectivity index is 1.50. The maximum absolute atomic E-state index is 13.0. The third-order valence-corrected chi connectivity index (χ3v) is 7.57. The SMILES string of the molecule is CC(CC(=O)C(O)Cc1ccc(O)c(O)c1)C(=O)N1CSCC1C(=O)SCCc1ccncc1. The first-order valence-corrected chi connectivity index (χ1v) is 13.1. The molecule has 1 aliphatic rings. The number of phenolic OH excluding ortho intramolecular Hbond substituents is 2. The number of rotatable bonds is 10. The molecular formula is C24H28N2O6S2. The summed E-state index contributed by atoms with van der Waals surface area (Å²) >= 11 is 2.72. The Morgan fingerprint density at radius 1 is 1.15 bits per heavy atom. The van der Waals surface area contributed by atoms with Crippen LogP contribution in [0.3, 0.4) is 0 Å². The second-order valence-corrected chi connectivity index (χ2v) is 10.3. The highest BCUT2D eigenvalue weighted by Gasteiger charge is 2.37. The third-order valence-electron chi connectivity index (χ3n) is 5.59. The van der Waals surface area contributed by atoms with Gasteiger partial charge in [0.2, 0.25) is 11.0 Å². The first kappa shape index (κ1) is 26.1. The van der Waals surface area contributed by atoms with Crippen molar-refractivity contribution in [3.8, 4) is 11.5 Å². The Labute approximate surface area is 206 Å². The summed E-state index contributed by atoms with van der Waals surface area (Å²) in [6.07, 6.45) is 2.62. The van der Waals surface area contributed by atoms with Crippen molar-refractivity contribution in [2.45, 2.75) is 38.3 Å². The van der Waals surface area contributed by atoms with Crippen molar-refractivity contribution >= 4 is 40.3 Å². The molecule has 0 spiro atoms. The summed E-state index contributed by atoms with van der Waals surface area (Å²) in [5.74, 6) is -0.524. The van der Waals surface area contributed by atoms with E-state index in [2.05, 4.69) is 4.98 Å². The molecule has 1 saturated heterocycles. The van der Waals surface area contributed by atoms with Gasteiger partial charge in [0.15, 0.2) is 17.3 Å². The Kier molecular flexibility index (Phi) is 9.37. The number of ketones is 1. The maximum atomic E-state index is 13.0. The normalized spacial score (nSPS) is 17.4. The van der Waals surface area contributed by atoms with Crippen LogP contribution in [-0.4, -0.2) is 71.5 Å². The highest BCUT2D eigenvalue weighted by atomic mass is 32.2. The third kappa shape index (κ3) is 6.97. The molecule has 1 fully saturated rings. The lowest BCUT2D eigenvalue weighted by Crippen LogP contribution is -2.44. The van der Waals surface area contributed by atoms with Gasteiger partial charge in [0.1, 0.15) is 12.1 Å². The van der Waals surface area contributed by atoms with Crippen LogP contribution in [0.1, 0.15) is 24.5 Å². The number of phenols is 2. The fourth-order valence-electron chi connectivity index (χ4n) is 3.61. The molecule has 3 rings (SSSR count). The zero-order chi connectivity index (χ0) is 24.7. The standard InChI is InChI=1S/C24H28N2O6S2/c1-15(10-20(28)22(30)12-17-2-3-19(27)21(29)11-17)23(31)26-14-33-13-18(26)24(32)34-9-6-16-4-7-25-8-5-16/h2-5,7-8,11,15,18,22,27,29-30H,6,9-10,12-14H2,1H3. The molecule has 10 heteroatoms. The zero-order valence-electron chi connectivity index (χ0n) is 18.8. The van der Waals surface area contributed by atoms with E-state index in [9.17, 15) is 29.7 Å². The van der Waals surface area contributed by atoms with Crippen molar-refractivity contribution in [2.75, 3.05) is 17.4 Å².